The third-order valence-electron chi connectivity index (χ3n) is 4.77. The molecule has 0 saturated carbocycles. The lowest BCUT2D eigenvalue weighted by Gasteiger charge is -2.30. The van der Waals surface area contributed by atoms with Crippen LogP contribution in [0.2, 0.25) is 0 Å². The molecule has 2 nitrogen and oxygen atoms in total. The van der Waals surface area contributed by atoms with Gasteiger partial charge in [0.15, 0.2) is 0 Å². The van der Waals surface area contributed by atoms with Crippen LogP contribution < -0.4 is 15.9 Å². The first kappa shape index (κ1) is 17.9. The smallest absolute Gasteiger partial charge is 0.142 e. The van der Waals surface area contributed by atoms with E-state index in [0.717, 1.165) is 0 Å². The van der Waals surface area contributed by atoms with E-state index >= 15 is 0 Å². The Morgan fingerprint density at radius 1 is 0.800 bits per heavy atom. The van der Waals surface area contributed by atoms with E-state index in [9.17, 15) is 0 Å². The monoisotopic (exact) mass is 351 g/mol. The van der Waals surface area contributed by atoms with Crippen LogP contribution in [-0.2, 0) is 5.54 Å². The van der Waals surface area contributed by atoms with E-state index in [1.807, 2.05) is 0 Å². The van der Waals surface area contributed by atoms with Gasteiger partial charge in [0.2, 0.25) is 0 Å². The van der Waals surface area contributed by atoms with E-state index in [0.29, 0.717) is 5.66 Å². The van der Waals surface area contributed by atoms with Crippen molar-refractivity contribution >= 4 is 23.2 Å². The van der Waals surface area contributed by atoms with Crippen molar-refractivity contribution in [3.05, 3.63) is 73.1 Å². The minimum atomic E-state index is -1.76. The third-order valence-corrected chi connectivity index (χ3v) is 9.59. The zero-order valence-electron chi connectivity index (χ0n) is 15.8. The van der Waals surface area contributed by atoms with Crippen molar-refractivity contribution < 1.29 is 0 Å². The molecular formula is C22H28N2P+. The van der Waals surface area contributed by atoms with Crippen molar-refractivity contribution in [1.29, 1.82) is 0 Å². The van der Waals surface area contributed by atoms with Gasteiger partial charge in [-0.15, -0.1) is 0 Å². The molecule has 3 aromatic rings. The summed E-state index contributed by atoms with van der Waals surface area (Å²) in [6.07, 6.45) is 4.37. The highest BCUT2D eigenvalue weighted by atomic mass is 31.2. The minimum absolute atomic E-state index is 0.0156. The SMILES string of the molecule is CC(C)[P+](c1ccccc1)(c1ccccc1)c1cnn(C(C)(C)C)c1. The highest BCUT2D eigenvalue weighted by Gasteiger charge is 2.49. The zero-order valence-corrected chi connectivity index (χ0v) is 16.7. The molecule has 0 bridgehead atoms. The maximum Gasteiger partial charge on any atom is 0.142 e. The molecule has 0 N–H and O–H groups in total. The van der Waals surface area contributed by atoms with Crippen LogP contribution in [0.3, 0.4) is 0 Å². The van der Waals surface area contributed by atoms with Crippen LogP contribution in [0.1, 0.15) is 34.6 Å². The number of nitrogens with zero attached hydrogens (tertiary/aromatic N) is 2. The average molecular weight is 351 g/mol. The van der Waals surface area contributed by atoms with Gasteiger partial charge in [-0.3, -0.25) is 4.68 Å². The van der Waals surface area contributed by atoms with E-state index in [2.05, 4.69) is 112 Å². The summed E-state index contributed by atoms with van der Waals surface area (Å²) in [7, 11) is -1.76. The molecule has 0 atom stereocenters. The van der Waals surface area contributed by atoms with E-state index in [4.69, 9.17) is 5.10 Å². The van der Waals surface area contributed by atoms with Crippen LogP contribution in [0.5, 0.6) is 0 Å². The molecule has 0 radical (unpaired) electrons. The van der Waals surface area contributed by atoms with Crippen LogP contribution >= 0.6 is 7.26 Å². The topological polar surface area (TPSA) is 17.8 Å². The molecule has 1 heterocycles. The second kappa shape index (κ2) is 6.77. The van der Waals surface area contributed by atoms with Gasteiger partial charge in [0.1, 0.15) is 23.2 Å². The summed E-state index contributed by atoms with van der Waals surface area (Å²) in [5, 5.41) is 8.93. The fraction of sp³-hybridized carbons (Fsp3) is 0.318. The summed E-state index contributed by atoms with van der Waals surface area (Å²) < 4.78 is 2.10. The van der Waals surface area contributed by atoms with Gasteiger partial charge in [-0.25, -0.2) is 0 Å². The van der Waals surface area contributed by atoms with Crippen molar-refractivity contribution in [1.82, 2.24) is 9.78 Å². The second-order valence-electron chi connectivity index (χ2n) is 7.80. The first-order chi connectivity index (χ1) is 11.9. The van der Waals surface area contributed by atoms with Gasteiger partial charge in [0.05, 0.1) is 23.6 Å². The lowest BCUT2D eigenvalue weighted by molar-refractivity contribution is 0.356. The number of aromatic nitrogens is 2. The van der Waals surface area contributed by atoms with Gasteiger partial charge in [-0.2, -0.15) is 5.10 Å². The van der Waals surface area contributed by atoms with Crippen LogP contribution in [0.15, 0.2) is 73.1 Å². The fourth-order valence-corrected chi connectivity index (χ4v) is 8.02. The number of hydrogen-bond acceptors (Lipinski definition) is 1. The molecule has 0 spiro atoms. The summed E-state index contributed by atoms with van der Waals surface area (Å²) in [6, 6.07) is 22.0. The van der Waals surface area contributed by atoms with Crippen molar-refractivity contribution in [2.45, 2.75) is 45.8 Å². The average Bonchev–Trinajstić information content (AvgIpc) is 3.08. The van der Waals surface area contributed by atoms with Crippen LogP contribution in [0.25, 0.3) is 0 Å². The van der Waals surface area contributed by atoms with Gasteiger partial charge in [0.25, 0.3) is 0 Å². The Bertz CT molecular complexity index is 774. The Kier molecular flexibility index (Phi) is 4.84. The molecule has 0 unspecified atom stereocenters. The van der Waals surface area contributed by atoms with E-state index < -0.39 is 7.26 Å². The molecule has 3 rings (SSSR count). The van der Waals surface area contributed by atoms with Crippen LogP contribution in [0.4, 0.5) is 0 Å². The molecular weight excluding hydrogens is 323 g/mol. The predicted octanol–water partition coefficient (Wildman–Crippen LogP) is 4.34. The molecule has 130 valence electrons. The second-order valence-corrected chi connectivity index (χ2v) is 11.8. The quantitative estimate of drug-likeness (QED) is 0.639. The Labute approximate surface area is 152 Å². The standard InChI is InChI=1S/C22H28N2P/c1-18(2)25(19-12-8-6-9-13-19,20-14-10-7-11-15-20)21-16-23-24(17-21)22(3,4)5/h6-18H,1-5H3/q+1. The van der Waals surface area contributed by atoms with Crippen molar-refractivity contribution in [2.75, 3.05) is 0 Å². The first-order valence-corrected chi connectivity index (χ1v) is 10.8. The van der Waals surface area contributed by atoms with Crippen LogP contribution in [-0.4, -0.2) is 15.4 Å². The Morgan fingerprint density at radius 2 is 1.28 bits per heavy atom. The zero-order chi connectivity index (χ0) is 18.1. The largest absolute Gasteiger partial charge is 0.263 e. The van der Waals surface area contributed by atoms with Gasteiger partial charge in [0, 0.05) is 0 Å². The molecule has 1 aromatic heterocycles. The summed E-state index contributed by atoms with van der Waals surface area (Å²) in [4.78, 5) is 0. The van der Waals surface area contributed by atoms with Gasteiger partial charge >= 0.3 is 0 Å². The molecule has 0 amide bonds. The number of hydrogen-bond donors (Lipinski definition) is 0. The molecule has 2 aromatic carbocycles. The molecule has 3 heteroatoms. The molecule has 0 aliphatic carbocycles. The highest BCUT2D eigenvalue weighted by molar-refractivity contribution is 7.96. The predicted molar refractivity (Wildman–Crippen MR) is 111 cm³/mol. The van der Waals surface area contributed by atoms with Gasteiger partial charge in [-0.05, 0) is 58.9 Å². The van der Waals surface area contributed by atoms with E-state index in [1.165, 1.54) is 15.9 Å². The summed E-state index contributed by atoms with van der Waals surface area (Å²) >= 11 is 0. The fourth-order valence-electron chi connectivity index (χ4n) is 3.53. The van der Waals surface area contributed by atoms with Gasteiger partial charge in [-0.1, -0.05) is 36.4 Å². The summed E-state index contributed by atoms with van der Waals surface area (Å²) in [5.74, 6) is 0. The minimum Gasteiger partial charge on any atom is -0.263 e. The highest BCUT2D eigenvalue weighted by Crippen LogP contribution is 2.59. The lowest BCUT2D eigenvalue weighted by atomic mass is 10.1. The van der Waals surface area contributed by atoms with Crippen molar-refractivity contribution in [3.8, 4) is 0 Å². The van der Waals surface area contributed by atoms with Crippen molar-refractivity contribution in [2.24, 2.45) is 0 Å². The molecule has 25 heavy (non-hydrogen) atoms. The summed E-state index contributed by atoms with van der Waals surface area (Å²) in [6.45, 7) is 11.3. The Morgan fingerprint density at radius 3 is 1.64 bits per heavy atom. The summed E-state index contributed by atoms with van der Waals surface area (Å²) in [5.41, 5.74) is 0.480. The molecule has 0 fully saturated rings. The van der Waals surface area contributed by atoms with Gasteiger partial charge < -0.3 is 0 Å². The first-order valence-electron chi connectivity index (χ1n) is 8.92. The number of rotatable bonds is 4. The maximum absolute atomic E-state index is 4.73. The van der Waals surface area contributed by atoms with E-state index in [1.54, 1.807) is 0 Å². The number of benzene rings is 2. The molecule has 0 aliphatic heterocycles. The molecule has 0 saturated heterocycles. The normalized spacial score (nSPS) is 12.6. The maximum atomic E-state index is 4.73. The molecule has 0 aliphatic rings. The third kappa shape index (κ3) is 3.16. The van der Waals surface area contributed by atoms with Crippen LogP contribution in [0, 0.1) is 0 Å². The lowest BCUT2D eigenvalue weighted by Crippen LogP contribution is -2.36. The van der Waals surface area contributed by atoms with E-state index in [-0.39, 0.29) is 5.54 Å². The van der Waals surface area contributed by atoms with Crippen molar-refractivity contribution in [3.63, 3.8) is 0 Å². The Hall–Kier alpha value is -1.92. The Balaban J connectivity index is 2.31.